The topological polar surface area (TPSA) is 87.2 Å². The predicted octanol–water partition coefficient (Wildman–Crippen LogP) is 0.0232. The Balaban J connectivity index is 2.08. The Labute approximate surface area is 134 Å². The fourth-order valence-corrected chi connectivity index (χ4v) is 4.53. The zero-order valence-electron chi connectivity index (χ0n) is 13.7. The second-order valence-corrected chi connectivity index (χ2v) is 6.61. The Bertz CT molecular complexity index is 523. The summed E-state index contributed by atoms with van der Waals surface area (Å²) in [7, 11) is 0. The van der Waals surface area contributed by atoms with Crippen LogP contribution >= 0.6 is 0 Å². The van der Waals surface area contributed by atoms with E-state index in [1.807, 2.05) is 0 Å². The molecule has 0 aromatic heterocycles. The first-order chi connectivity index (χ1) is 10.7. The molecule has 0 aliphatic carbocycles. The summed E-state index contributed by atoms with van der Waals surface area (Å²) in [5.74, 6) is -0.983. The van der Waals surface area contributed by atoms with E-state index in [2.05, 4.69) is 0 Å². The fourth-order valence-electron chi connectivity index (χ4n) is 4.53. The molecular formula is C15H21N3O5. The number of rotatable bonds is 1. The molecule has 0 aromatic rings. The van der Waals surface area contributed by atoms with Crippen LogP contribution in [0.5, 0.6) is 0 Å². The number of nitrogens with zero attached hydrogens (tertiary/aromatic N) is 3. The van der Waals surface area contributed by atoms with Crippen LogP contribution in [0.4, 0.5) is 0 Å². The standard InChI is InChI=1S/C15H21N3O5/c1-8(19)16-12-5-15(23-11(4)22)6-13(16)18(10(3)21)14(7-15)17(12)9(2)20/h12-14H,5-7H2,1-4H3. The van der Waals surface area contributed by atoms with Crippen LogP contribution in [-0.4, -0.2) is 62.5 Å². The van der Waals surface area contributed by atoms with E-state index in [0.29, 0.717) is 19.3 Å². The van der Waals surface area contributed by atoms with Crippen LogP contribution in [0.1, 0.15) is 47.0 Å². The van der Waals surface area contributed by atoms with Crippen molar-refractivity contribution in [3.63, 3.8) is 0 Å². The molecule has 0 spiro atoms. The van der Waals surface area contributed by atoms with E-state index in [-0.39, 0.29) is 23.7 Å². The molecule has 8 heteroatoms. The van der Waals surface area contributed by atoms with Gasteiger partial charge >= 0.3 is 5.97 Å². The summed E-state index contributed by atoms with van der Waals surface area (Å²) in [5, 5.41) is 0. The lowest BCUT2D eigenvalue weighted by atomic mass is 9.74. The Morgan fingerprint density at radius 2 is 1.04 bits per heavy atom. The van der Waals surface area contributed by atoms with Gasteiger partial charge in [0.15, 0.2) is 0 Å². The molecule has 0 aromatic carbocycles. The van der Waals surface area contributed by atoms with Crippen molar-refractivity contribution in [1.82, 2.24) is 14.7 Å². The zero-order chi connectivity index (χ0) is 17.1. The van der Waals surface area contributed by atoms with Gasteiger partial charge in [0.2, 0.25) is 17.7 Å². The highest BCUT2D eigenvalue weighted by atomic mass is 16.6. The Morgan fingerprint density at radius 1 is 0.739 bits per heavy atom. The number of carbonyl (C=O) groups excluding carboxylic acids is 4. The third-order valence-corrected chi connectivity index (χ3v) is 5.04. The molecule has 4 fully saturated rings. The molecular weight excluding hydrogens is 302 g/mol. The van der Waals surface area contributed by atoms with Gasteiger partial charge in [-0.3, -0.25) is 19.2 Å². The van der Waals surface area contributed by atoms with E-state index < -0.39 is 24.1 Å². The maximum Gasteiger partial charge on any atom is 0.303 e. The summed E-state index contributed by atoms with van der Waals surface area (Å²) in [6.07, 6.45) is -0.244. The van der Waals surface area contributed by atoms with Crippen LogP contribution in [0.3, 0.4) is 0 Å². The van der Waals surface area contributed by atoms with Crippen LogP contribution in [0.2, 0.25) is 0 Å². The van der Waals surface area contributed by atoms with Gasteiger partial charge in [0.05, 0.1) is 0 Å². The summed E-state index contributed by atoms with van der Waals surface area (Å²) in [4.78, 5) is 52.6. The lowest BCUT2D eigenvalue weighted by molar-refractivity contribution is -0.270. The van der Waals surface area contributed by atoms with Gasteiger partial charge in [-0.1, -0.05) is 0 Å². The van der Waals surface area contributed by atoms with Gasteiger partial charge in [0, 0.05) is 47.0 Å². The minimum atomic E-state index is -0.713. The molecule has 23 heavy (non-hydrogen) atoms. The number of carbonyl (C=O) groups is 4. The number of piperidine rings is 3. The van der Waals surface area contributed by atoms with Gasteiger partial charge < -0.3 is 19.4 Å². The highest BCUT2D eigenvalue weighted by Crippen LogP contribution is 2.51. The highest BCUT2D eigenvalue weighted by Gasteiger charge is 2.64. The lowest BCUT2D eigenvalue weighted by Crippen LogP contribution is -2.82. The summed E-state index contributed by atoms with van der Waals surface area (Å²) in [5.41, 5.74) is -0.713. The van der Waals surface area contributed by atoms with Crippen LogP contribution in [-0.2, 0) is 23.9 Å². The minimum absolute atomic E-state index is 0.200. The molecule has 4 aliphatic rings. The molecule has 0 atom stereocenters. The fraction of sp³-hybridized carbons (Fsp3) is 0.733. The highest BCUT2D eigenvalue weighted by molar-refractivity contribution is 5.82. The second-order valence-electron chi connectivity index (χ2n) is 6.61. The summed E-state index contributed by atoms with van der Waals surface area (Å²) in [6.45, 7) is 5.64. The molecule has 4 bridgehead atoms. The molecule has 0 saturated carbocycles. The number of amides is 3. The van der Waals surface area contributed by atoms with Crippen molar-refractivity contribution in [3.8, 4) is 0 Å². The quantitative estimate of drug-likeness (QED) is 0.635. The first-order valence-electron chi connectivity index (χ1n) is 7.73. The Hall–Kier alpha value is -2.12. The number of hydrogen-bond donors (Lipinski definition) is 0. The molecule has 8 nitrogen and oxygen atoms in total. The molecule has 4 aliphatic heterocycles. The van der Waals surface area contributed by atoms with Crippen molar-refractivity contribution in [2.24, 2.45) is 0 Å². The van der Waals surface area contributed by atoms with Gasteiger partial charge in [-0.25, -0.2) is 0 Å². The molecule has 126 valence electrons. The van der Waals surface area contributed by atoms with Crippen molar-refractivity contribution in [1.29, 1.82) is 0 Å². The average Bonchev–Trinajstić information content (AvgIpc) is 2.34. The number of hydrogen-bond acceptors (Lipinski definition) is 5. The lowest BCUT2D eigenvalue weighted by Gasteiger charge is -2.67. The Morgan fingerprint density at radius 3 is 1.26 bits per heavy atom. The van der Waals surface area contributed by atoms with E-state index in [1.165, 1.54) is 27.7 Å². The van der Waals surface area contributed by atoms with E-state index in [1.54, 1.807) is 14.7 Å². The first-order valence-corrected chi connectivity index (χ1v) is 7.73. The molecule has 4 rings (SSSR count). The van der Waals surface area contributed by atoms with Crippen molar-refractivity contribution in [3.05, 3.63) is 0 Å². The van der Waals surface area contributed by atoms with Crippen LogP contribution in [0.15, 0.2) is 0 Å². The number of esters is 1. The smallest absolute Gasteiger partial charge is 0.303 e. The molecule has 0 N–H and O–H groups in total. The predicted molar refractivity (Wildman–Crippen MR) is 77.3 cm³/mol. The molecule has 4 heterocycles. The minimum Gasteiger partial charge on any atom is -0.459 e. The summed E-state index contributed by atoms with van der Waals surface area (Å²) in [6, 6.07) is 0. The molecule has 3 amide bonds. The van der Waals surface area contributed by atoms with Gasteiger partial charge in [-0.2, -0.15) is 0 Å². The van der Waals surface area contributed by atoms with Crippen LogP contribution in [0, 0.1) is 0 Å². The van der Waals surface area contributed by atoms with Crippen molar-refractivity contribution >= 4 is 23.7 Å². The monoisotopic (exact) mass is 323 g/mol. The normalized spacial score (nSPS) is 34.6. The number of ether oxygens (including phenoxy) is 1. The molecule has 0 unspecified atom stereocenters. The summed E-state index contributed by atoms with van der Waals surface area (Å²) >= 11 is 0. The Kier molecular flexibility index (Phi) is 3.38. The SMILES string of the molecule is CC(=O)OC12CC3N(C(C)=O)C(C1)N(C(C)=O)C(C2)N3C(C)=O. The zero-order valence-corrected chi connectivity index (χ0v) is 13.7. The first kappa shape index (κ1) is 15.8. The van der Waals surface area contributed by atoms with Crippen LogP contribution < -0.4 is 0 Å². The van der Waals surface area contributed by atoms with Crippen molar-refractivity contribution in [2.75, 3.05) is 0 Å². The summed E-state index contributed by atoms with van der Waals surface area (Å²) < 4.78 is 5.58. The third-order valence-electron chi connectivity index (χ3n) is 5.04. The van der Waals surface area contributed by atoms with Crippen molar-refractivity contribution < 1.29 is 23.9 Å². The second kappa shape index (κ2) is 4.94. The van der Waals surface area contributed by atoms with E-state index in [9.17, 15) is 19.2 Å². The maximum absolute atomic E-state index is 12.1. The van der Waals surface area contributed by atoms with E-state index >= 15 is 0 Å². The van der Waals surface area contributed by atoms with E-state index in [4.69, 9.17) is 4.74 Å². The van der Waals surface area contributed by atoms with Gasteiger partial charge in [0.25, 0.3) is 0 Å². The largest absolute Gasteiger partial charge is 0.459 e. The average molecular weight is 323 g/mol. The van der Waals surface area contributed by atoms with Gasteiger partial charge in [0.1, 0.15) is 24.1 Å². The van der Waals surface area contributed by atoms with Gasteiger partial charge in [-0.15, -0.1) is 0 Å². The molecule has 4 saturated heterocycles. The third kappa shape index (κ3) is 2.19. The van der Waals surface area contributed by atoms with E-state index in [0.717, 1.165) is 0 Å². The van der Waals surface area contributed by atoms with Crippen LogP contribution in [0.25, 0.3) is 0 Å². The maximum atomic E-state index is 12.1. The van der Waals surface area contributed by atoms with Gasteiger partial charge in [-0.05, 0) is 0 Å². The van der Waals surface area contributed by atoms with Crippen molar-refractivity contribution in [2.45, 2.75) is 71.1 Å². The molecule has 0 radical (unpaired) electrons.